The zero-order chi connectivity index (χ0) is 14.9. The van der Waals surface area contributed by atoms with Crippen molar-refractivity contribution in [3.05, 3.63) is 28.1 Å². The largest absolute Gasteiger partial charge is 0.349 e. The molecule has 1 unspecified atom stereocenters. The molecule has 2 rings (SSSR count). The highest BCUT2D eigenvalue weighted by molar-refractivity contribution is 5.93. The van der Waals surface area contributed by atoms with Crippen LogP contribution in [0.15, 0.2) is 12.3 Å². The van der Waals surface area contributed by atoms with Crippen LogP contribution in [-0.4, -0.2) is 28.0 Å². The third-order valence-electron chi connectivity index (χ3n) is 3.57. The van der Waals surface area contributed by atoms with E-state index in [1.54, 1.807) is 4.57 Å². The van der Waals surface area contributed by atoms with Crippen LogP contribution in [0, 0.1) is 16.0 Å². The molecule has 1 aliphatic rings. The molecule has 1 amide bonds. The molecular formula is C13H20N4O3. The quantitative estimate of drug-likeness (QED) is 0.608. The summed E-state index contributed by atoms with van der Waals surface area (Å²) in [6.07, 6.45) is 3.35. The summed E-state index contributed by atoms with van der Waals surface area (Å²) < 4.78 is 1.70. The van der Waals surface area contributed by atoms with Crippen LogP contribution in [0.3, 0.4) is 0 Å². The van der Waals surface area contributed by atoms with Crippen molar-refractivity contribution < 1.29 is 9.72 Å². The molecule has 0 aliphatic heterocycles. The number of nitrogens with two attached hydrogens (primary N) is 1. The molecule has 7 nitrogen and oxygen atoms in total. The summed E-state index contributed by atoms with van der Waals surface area (Å²) in [5, 5.41) is 13.6. The van der Waals surface area contributed by atoms with Crippen LogP contribution in [0.2, 0.25) is 0 Å². The Labute approximate surface area is 117 Å². The van der Waals surface area contributed by atoms with Gasteiger partial charge in [-0.25, -0.2) is 0 Å². The molecule has 7 heteroatoms. The number of hydrogen-bond acceptors (Lipinski definition) is 4. The van der Waals surface area contributed by atoms with Gasteiger partial charge in [-0.2, -0.15) is 0 Å². The Morgan fingerprint density at radius 3 is 2.75 bits per heavy atom. The Hall–Kier alpha value is -1.89. The lowest BCUT2D eigenvalue weighted by Crippen LogP contribution is -2.40. The lowest BCUT2D eigenvalue weighted by molar-refractivity contribution is -0.384. The fourth-order valence-electron chi connectivity index (χ4n) is 1.94. The number of nitro groups is 1. The molecule has 20 heavy (non-hydrogen) atoms. The van der Waals surface area contributed by atoms with Crippen molar-refractivity contribution in [1.82, 2.24) is 9.88 Å². The van der Waals surface area contributed by atoms with Crippen LogP contribution in [-0.2, 0) is 0 Å². The average molecular weight is 280 g/mol. The van der Waals surface area contributed by atoms with E-state index in [1.165, 1.54) is 12.3 Å². The van der Waals surface area contributed by atoms with Gasteiger partial charge < -0.3 is 15.6 Å². The number of hydrogen-bond donors (Lipinski definition) is 2. The molecule has 1 aromatic heterocycles. The molecule has 0 radical (unpaired) electrons. The first-order valence-electron chi connectivity index (χ1n) is 6.80. The van der Waals surface area contributed by atoms with E-state index in [9.17, 15) is 14.9 Å². The third kappa shape index (κ3) is 3.16. The van der Waals surface area contributed by atoms with Crippen LogP contribution in [0.4, 0.5) is 5.69 Å². The molecule has 3 N–H and O–H groups in total. The Morgan fingerprint density at radius 1 is 1.60 bits per heavy atom. The summed E-state index contributed by atoms with van der Waals surface area (Å²) in [5.74, 6) is -0.0408. The topological polar surface area (TPSA) is 103 Å². The number of nitrogens with zero attached hydrogens (tertiary/aromatic N) is 2. The standard InChI is InChI=1S/C13H20N4O3/c1-8(2)11(14)6-15-13(18)12-5-10(17(19)20)7-16(12)9-3-4-9/h5,7-9,11H,3-4,6,14H2,1-2H3,(H,15,18). The van der Waals surface area contributed by atoms with Gasteiger partial charge in [0.1, 0.15) is 5.69 Å². The zero-order valence-electron chi connectivity index (χ0n) is 11.7. The molecule has 1 aromatic rings. The SMILES string of the molecule is CC(C)C(N)CNC(=O)c1cc([N+](=O)[O-])cn1C1CC1. The van der Waals surface area contributed by atoms with E-state index in [-0.39, 0.29) is 29.6 Å². The number of carbonyl (C=O) groups is 1. The summed E-state index contributed by atoms with van der Waals surface area (Å²) in [6, 6.07) is 1.41. The lowest BCUT2D eigenvalue weighted by atomic mass is 10.1. The second-order valence-electron chi connectivity index (χ2n) is 5.60. The number of aromatic nitrogens is 1. The van der Waals surface area contributed by atoms with Crippen LogP contribution in [0.25, 0.3) is 0 Å². The summed E-state index contributed by atoms with van der Waals surface area (Å²) in [4.78, 5) is 22.5. The van der Waals surface area contributed by atoms with Gasteiger partial charge in [-0.3, -0.25) is 14.9 Å². The number of carbonyl (C=O) groups excluding carboxylic acids is 1. The van der Waals surface area contributed by atoms with Gasteiger partial charge in [0, 0.05) is 24.7 Å². The summed E-state index contributed by atoms with van der Waals surface area (Å²) in [5.41, 5.74) is 6.17. The normalized spacial score (nSPS) is 16.2. The maximum atomic E-state index is 12.2. The van der Waals surface area contributed by atoms with Crippen molar-refractivity contribution in [1.29, 1.82) is 0 Å². The molecule has 0 aromatic carbocycles. The molecular weight excluding hydrogens is 260 g/mol. The van der Waals surface area contributed by atoms with Crippen molar-refractivity contribution >= 4 is 11.6 Å². The zero-order valence-corrected chi connectivity index (χ0v) is 11.7. The molecule has 1 atom stereocenters. The van der Waals surface area contributed by atoms with Crippen molar-refractivity contribution in [3.8, 4) is 0 Å². The van der Waals surface area contributed by atoms with E-state index >= 15 is 0 Å². The van der Waals surface area contributed by atoms with E-state index < -0.39 is 4.92 Å². The Balaban J connectivity index is 2.10. The van der Waals surface area contributed by atoms with Gasteiger partial charge in [-0.05, 0) is 18.8 Å². The first kappa shape index (κ1) is 14.5. The van der Waals surface area contributed by atoms with Crippen molar-refractivity contribution in [2.45, 2.75) is 38.8 Å². The fraction of sp³-hybridized carbons (Fsp3) is 0.615. The lowest BCUT2D eigenvalue weighted by Gasteiger charge is -2.16. The average Bonchev–Trinajstić information content (AvgIpc) is 3.13. The van der Waals surface area contributed by atoms with E-state index in [1.807, 2.05) is 13.8 Å². The van der Waals surface area contributed by atoms with Crippen LogP contribution >= 0.6 is 0 Å². The van der Waals surface area contributed by atoms with E-state index in [2.05, 4.69) is 5.32 Å². The van der Waals surface area contributed by atoms with Gasteiger partial charge in [0.2, 0.25) is 0 Å². The van der Waals surface area contributed by atoms with Gasteiger partial charge in [-0.15, -0.1) is 0 Å². The van der Waals surface area contributed by atoms with E-state index in [0.29, 0.717) is 12.2 Å². The predicted molar refractivity (Wildman–Crippen MR) is 74.5 cm³/mol. The highest BCUT2D eigenvalue weighted by atomic mass is 16.6. The minimum Gasteiger partial charge on any atom is -0.349 e. The smallest absolute Gasteiger partial charge is 0.287 e. The van der Waals surface area contributed by atoms with Crippen molar-refractivity contribution in [2.75, 3.05) is 6.54 Å². The van der Waals surface area contributed by atoms with Crippen LogP contribution < -0.4 is 11.1 Å². The molecule has 0 spiro atoms. The molecule has 1 heterocycles. The third-order valence-corrected chi connectivity index (χ3v) is 3.57. The summed E-state index contributed by atoms with van der Waals surface area (Å²) >= 11 is 0. The first-order chi connectivity index (χ1) is 9.40. The first-order valence-corrected chi connectivity index (χ1v) is 6.80. The number of amides is 1. The monoisotopic (exact) mass is 280 g/mol. The van der Waals surface area contributed by atoms with E-state index in [4.69, 9.17) is 5.73 Å². The van der Waals surface area contributed by atoms with Crippen LogP contribution in [0.1, 0.15) is 43.2 Å². The van der Waals surface area contributed by atoms with Gasteiger partial charge in [-0.1, -0.05) is 13.8 Å². The maximum Gasteiger partial charge on any atom is 0.287 e. The highest BCUT2D eigenvalue weighted by Crippen LogP contribution is 2.37. The highest BCUT2D eigenvalue weighted by Gasteiger charge is 2.30. The van der Waals surface area contributed by atoms with Crippen LogP contribution in [0.5, 0.6) is 0 Å². The molecule has 1 saturated carbocycles. The molecule has 1 fully saturated rings. The Bertz CT molecular complexity index is 520. The second kappa shape index (κ2) is 5.62. The van der Waals surface area contributed by atoms with Crippen molar-refractivity contribution in [2.24, 2.45) is 11.7 Å². The van der Waals surface area contributed by atoms with Gasteiger partial charge >= 0.3 is 0 Å². The van der Waals surface area contributed by atoms with Crippen molar-refractivity contribution in [3.63, 3.8) is 0 Å². The van der Waals surface area contributed by atoms with E-state index in [0.717, 1.165) is 12.8 Å². The second-order valence-corrected chi connectivity index (χ2v) is 5.60. The Kier molecular flexibility index (Phi) is 4.08. The minimum absolute atomic E-state index is 0.0461. The molecule has 0 bridgehead atoms. The predicted octanol–water partition coefficient (Wildman–Crippen LogP) is 1.44. The molecule has 1 aliphatic carbocycles. The van der Waals surface area contributed by atoms with Gasteiger partial charge in [0.25, 0.3) is 11.6 Å². The fourth-order valence-corrected chi connectivity index (χ4v) is 1.94. The Morgan fingerprint density at radius 2 is 2.25 bits per heavy atom. The molecule has 110 valence electrons. The number of nitrogens with one attached hydrogen (secondary N) is 1. The molecule has 0 saturated heterocycles. The number of rotatable bonds is 6. The summed E-state index contributed by atoms with van der Waals surface area (Å²) in [7, 11) is 0. The van der Waals surface area contributed by atoms with Gasteiger partial charge in [0.15, 0.2) is 0 Å². The maximum absolute atomic E-state index is 12.2. The minimum atomic E-state index is -0.477. The van der Waals surface area contributed by atoms with Gasteiger partial charge in [0.05, 0.1) is 11.1 Å². The summed E-state index contributed by atoms with van der Waals surface area (Å²) in [6.45, 7) is 4.32.